The van der Waals surface area contributed by atoms with Gasteiger partial charge < -0.3 is 10.6 Å². The van der Waals surface area contributed by atoms with E-state index in [1.807, 2.05) is 42.6 Å². The Kier molecular flexibility index (Phi) is 4.54. The molecule has 1 aromatic carbocycles. The molecule has 3 aromatic rings. The van der Waals surface area contributed by atoms with Crippen molar-refractivity contribution in [1.29, 1.82) is 0 Å². The molecule has 0 radical (unpaired) electrons. The van der Waals surface area contributed by atoms with Crippen molar-refractivity contribution in [3.8, 4) is 0 Å². The van der Waals surface area contributed by atoms with E-state index in [0.29, 0.717) is 30.0 Å². The van der Waals surface area contributed by atoms with E-state index in [0.717, 1.165) is 5.56 Å². The van der Waals surface area contributed by atoms with E-state index in [1.54, 1.807) is 0 Å². The Morgan fingerprint density at radius 1 is 1.25 bits per heavy atom. The number of nitrogens with one attached hydrogen (secondary N) is 2. The molecule has 0 fully saturated rings. The summed E-state index contributed by atoms with van der Waals surface area (Å²) in [5.41, 5.74) is 1.80. The van der Waals surface area contributed by atoms with Crippen molar-refractivity contribution in [2.75, 3.05) is 5.32 Å². The summed E-state index contributed by atoms with van der Waals surface area (Å²) in [7, 11) is 0. The maximum absolute atomic E-state index is 14.6. The third kappa shape index (κ3) is 3.21. The van der Waals surface area contributed by atoms with Crippen molar-refractivity contribution in [3.05, 3.63) is 59.3 Å². The number of anilines is 1. The van der Waals surface area contributed by atoms with Gasteiger partial charge in [0.1, 0.15) is 5.82 Å². The highest BCUT2D eigenvalue weighted by atomic mass is 19.1. The van der Waals surface area contributed by atoms with Crippen LogP contribution in [0.1, 0.15) is 48.1 Å². The number of fused-ring (bicyclic) bond motifs is 2. The smallest absolute Gasteiger partial charge is 0.254 e. The van der Waals surface area contributed by atoms with Crippen LogP contribution in [0.25, 0.3) is 5.65 Å². The first-order valence-corrected chi connectivity index (χ1v) is 9.17. The molecule has 2 N–H and O–H groups in total. The molecular weight excluding hydrogens is 361 g/mol. The predicted molar refractivity (Wildman–Crippen MR) is 101 cm³/mol. The second-order valence-corrected chi connectivity index (χ2v) is 7.22. The van der Waals surface area contributed by atoms with Crippen molar-refractivity contribution >= 4 is 23.1 Å². The van der Waals surface area contributed by atoms with Crippen LogP contribution in [0.15, 0.2) is 36.5 Å². The molecule has 1 aliphatic rings. The first-order valence-electron chi connectivity index (χ1n) is 9.17. The predicted octanol–water partition coefficient (Wildman–Crippen LogP) is 2.88. The van der Waals surface area contributed by atoms with Gasteiger partial charge in [-0.3, -0.25) is 14.0 Å². The first kappa shape index (κ1) is 18.1. The van der Waals surface area contributed by atoms with Gasteiger partial charge in [0.05, 0.1) is 11.6 Å². The zero-order valence-electron chi connectivity index (χ0n) is 15.6. The number of nitrogens with zero attached hydrogens (tertiary/aromatic N) is 3. The Morgan fingerprint density at radius 3 is 2.86 bits per heavy atom. The highest BCUT2D eigenvalue weighted by Gasteiger charge is 2.26. The van der Waals surface area contributed by atoms with Crippen LogP contribution in [0.2, 0.25) is 0 Å². The van der Waals surface area contributed by atoms with Crippen LogP contribution in [-0.4, -0.2) is 26.4 Å². The minimum atomic E-state index is -0.674. The standard InChI is InChI=1S/C20H20FN5O2/c1-11(2)18(19-25-24-16-5-3-4-8-26(16)19)23-20(28)13-9-12-6-7-17(27)22-15(12)10-14(13)21/h3-5,8-11,18H,6-7H2,1-2H3,(H,22,27)(H,23,28)/t18-/m1/s1. The van der Waals surface area contributed by atoms with Crippen molar-refractivity contribution in [2.45, 2.75) is 32.7 Å². The second kappa shape index (κ2) is 7.03. The zero-order chi connectivity index (χ0) is 19.8. The number of hydrogen-bond acceptors (Lipinski definition) is 4. The van der Waals surface area contributed by atoms with Crippen LogP contribution in [0, 0.1) is 11.7 Å². The van der Waals surface area contributed by atoms with Gasteiger partial charge in [-0.25, -0.2) is 4.39 Å². The van der Waals surface area contributed by atoms with Crippen LogP contribution in [-0.2, 0) is 11.2 Å². The summed E-state index contributed by atoms with van der Waals surface area (Å²) in [6.45, 7) is 3.90. The largest absolute Gasteiger partial charge is 0.342 e. The number of amides is 2. The number of carbonyl (C=O) groups excluding carboxylic acids is 2. The fraction of sp³-hybridized carbons (Fsp3) is 0.300. The first-order chi connectivity index (χ1) is 13.4. The summed E-state index contributed by atoms with van der Waals surface area (Å²) >= 11 is 0. The molecule has 1 aliphatic heterocycles. The van der Waals surface area contributed by atoms with Gasteiger partial charge in [-0.05, 0) is 42.2 Å². The molecule has 7 nitrogen and oxygen atoms in total. The maximum Gasteiger partial charge on any atom is 0.254 e. The zero-order valence-corrected chi connectivity index (χ0v) is 15.6. The summed E-state index contributed by atoms with van der Waals surface area (Å²) < 4.78 is 16.4. The molecule has 0 unspecified atom stereocenters. The Bertz CT molecular complexity index is 1080. The molecule has 0 spiro atoms. The van der Waals surface area contributed by atoms with Gasteiger partial charge in [-0.2, -0.15) is 0 Å². The molecule has 8 heteroatoms. The fourth-order valence-electron chi connectivity index (χ4n) is 3.40. The van der Waals surface area contributed by atoms with Gasteiger partial charge in [0, 0.05) is 18.3 Å². The molecule has 0 saturated carbocycles. The monoisotopic (exact) mass is 381 g/mol. The molecule has 2 aromatic heterocycles. The number of pyridine rings is 1. The minimum absolute atomic E-state index is 0.0107. The minimum Gasteiger partial charge on any atom is -0.342 e. The topological polar surface area (TPSA) is 88.4 Å². The number of aromatic nitrogens is 3. The van der Waals surface area contributed by atoms with Gasteiger partial charge in [0.2, 0.25) is 5.91 Å². The number of carbonyl (C=O) groups is 2. The maximum atomic E-state index is 14.6. The van der Waals surface area contributed by atoms with Crippen LogP contribution in [0.4, 0.5) is 10.1 Å². The lowest BCUT2D eigenvalue weighted by molar-refractivity contribution is -0.116. The Balaban J connectivity index is 1.65. The molecule has 144 valence electrons. The number of aryl methyl sites for hydroxylation is 1. The van der Waals surface area contributed by atoms with Gasteiger partial charge in [0.15, 0.2) is 11.5 Å². The molecule has 0 aliphatic carbocycles. The van der Waals surface area contributed by atoms with Crippen LogP contribution in [0.3, 0.4) is 0 Å². The molecule has 0 bridgehead atoms. The average molecular weight is 381 g/mol. The van der Waals surface area contributed by atoms with Gasteiger partial charge in [-0.15, -0.1) is 10.2 Å². The lowest BCUT2D eigenvalue weighted by atomic mass is 9.98. The highest BCUT2D eigenvalue weighted by Crippen LogP contribution is 2.27. The highest BCUT2D eigenvalue weighted by molar-refractivity contribution is 5.98. The molecule has 4 rings (SSSR count). The Hall–Kier alpha value is -3.29. The number of rotatable bonds is 4. The van der Waals surface area contributed by atoms with Gasteiger partial charge >= 0.3 is 0 Å². The van der Waals surface area contributed by atoms with Gasteiger partial charge in [-0.1, -0.05) is 19.9 Å². The van der Waals surface area contributed by atoms with Crippen LogP contribution < -0.4 is 10.6 Å². The third-order valence-electron chi connectivity index (χ3n) is 4.90. The van der Waals surface area contributed by atoms with Crippen LogP contribution in [0.5, 0.6) is 0 Å². The quantitative estimate of drug-likeness (QED) is 0.727. The molecule has 28 heavy (non-hydrogen) atoms. The number of halogens is 1. The van der Waals surface area contributed by atoms with Crippen molar-refractivity contribution in [3.63, 3.8) is 0 Å². The normalized spacial score (nSPS) is 14.6. The third-order valence-corrected chi connectivity index (χ3v) is 4.90. The summed E-state index contributed by atoms with van der Waals surface area (Å²) in [4.78, 5) is 24.4. The van der Waals surface area contributed by atoms with Crippen molar-refractivity contribution in [1.82, 2.24) is 19.9 Å². The summed E-state index contributed by atoms with van der Waals surface area (Å²) in [5.74, 6) is -0.751. The fourth-order valence-corrected chi connectivity index (χ4v) is 3.40. The Morgan fingerprint density at radius 2 is 2.07 bits per heavy atom. The summed E-state index contributed by atoms with van der Waals surface area (Å²) in [6, 6.07) is 7.82. The Labute approximate surface area is 161 Å². The number of benzene rings is 1. The van der Waals surface area contributed by atoms with E-state index in [9.17, 15) is 14.0 Å². The van der Waals surface area contributed by atoms with Gasteiger partial charge in [0.25, 0.3) is 5.91 Å². The van der Waals surface area contributed by atoms with E-state index in [4.69, 9.17) is 0 Å². The van der Waals surface area contributed by atoms with Crippen molar-refractivity contribution in [2.24, 2.45) is 5.92 Å². The van der Waals surface area contributed by atoms with E-state index in [2.05, 4.69) is 20.8 Å². The van der Waals surface area contributed by atoms with Crippen molar-refractivity contribution < 1.29 is 14.0 Å². The SMILES string of the molecule is CC(C)[C@@H](NC(=O)c1cc2c(cc1F)NC(=O)CC2)c1nnc2ccccn12. The second-order valence-electron chi connectivity index (χ2n) is 7.22. The lowest BCUT2D eigenvalue weighted by Crippen LogP contribution is -2.34. The molecule has 0 saturated heterocycles. The van der Waals surface area contributed by atoms with E-state index in [1.165, 1.54) is 12.1 Å². The van der Waals surface area contributed by atoms with Crippen LogP contribution >= 0.6 is 0 Å². The molecule has 2 amide bonds. The molecule has 3 heterocycles. The van der Waals surface area contributed by atoms with E-state index >= 15 is 0 Å². The lowest BCUT2D eigenvalue weighted by Gasteiger charge is -2.22. The van der Waals surface area contributed by atoms with E-state index < -0.39 is 17.8 Å². The molecular formula is C20H20FN5O2. The molecule has 1 atom stereocenters. The summed E-state index contributed by atoms with van der Waals surface area (Å²) in [6.07, 6.45) is 2.62. The number of hydrogen-bond donors (Lipinski definition) is 2. The van der Waals surface area contributed by atoms with E-state index in [-0.39, 0.29) is 17.4 Å². The average Bonchev–Trinajstić information content (AvgIpc) is 3.09. The summed E-state index contributed by atoms with van der Waals surface area (Å²) in [5, 5.41) is 13.9.